The second-order valence-corrected chi connectivity index (χ2v) is 6.51. The molecule has 0 unspecified atom stereocenters. The highest BCUT2D eigenvalue weighted by Gasteiger charge is 2.35. The Balaban J connectivity index is 1.59. The second-order valence-electron chi connectivity index (χ2n) is 6.51. The van der Waals surface area contributed by atoms with E-state index < -0.39 is 0 Å². The molecule has 0 aliphatic carbocycles. The smallest absolute Gasteiger partial charge is 0.237 e. The molecular weight excluding hydrogens is 278 g/mol. The normalized spacial score (nSPS) is 25.0. The number of hydrogen-bond acceptors (Lipinski definition) is 3. The third kappa shape index (κ3) is 2.99. The van der Waals surface area contributed by atoms with Crippen molar-refractivity contribution in [3.8, 4) is 0 Å². The lowest BCUT2D eigenvalue weighted by Crippen LogP contribution is -2.42. The molecule has 5 nitrogen and oxygen atoms in total. The van der Waals surface area contributed by atoms with E-state index >= 15 is 0 Å². The summed E-state index contributed by atoms with van der Waals surface area (Å²) < 4.78 is 0. The Labute approximate surface area is 131 Å². The molecule has 0 radical (unpaired) electrons. The molecule has 2 aliphatic rings. The molecule has 22 heavy (non-hydrogen) atoms. The molecule has 2 N–H and O–H groups in total. The van der Waals surface area contributed by atoms with Crippen LogP contribution in [-0.4, -0.2) is 47.8 Å². The van der Waals surface area contributed by atoms with Gasteiger partial charge in [0.25, 0.3) is 0 Å². The zero-order valence-electron chi connectivity index (χ0n) is 13.0. The van der Waals surface area contributed by atoms with Crippen molar-refractivity contribution in [1.29, 1.82) is 0 Å². The Hall–Kier alpha value is -1.88. The van der Waals surface area contributed by atoms with E-state index in [1.54, 1.807) is 0 Å². The number of benzene rings is 1. The number of rotatable bonds is 3. The van der Waals surface area contributed by atoms with Crippen molar-refractivity contribution in [2.24, 2.45) is 17.6 Å². The number of likely N-dealkylation sites (tertiary alicyclic amines) is 1. The minimum absolute atomic E-state index is 0.130. The van der Waals surface area contributed by atoms with E-state index in [1.165, 1.54) is 11.1 Å². The van der Waals surface area contributed by atoms with Gasteiger partial charge in [-0.1, -0.05) is 31.2 Å². The van der Waals surface area contributed by atoms with Gasteiger partial charge in [-0.15, -0.1) is 0 Å². The van der Waals surface area contributed by atoms with E-state index in [-0.39, 0.29) is 23.7 Å². The predicted molar refractivity (Wildman–Crippen MR) is 83.9 cm³/mol. The number of amides is 2. The molecular formula is C17H23N3O2. The summed E-state index contributed by atoms with van der Waals surface area (Å²) in [7, 11) is 0. The van der Waals surface area contributed by atoms with Gasteiger partial charge < -0.3 is 10.6 Å². The molecule has 2 aliphatic heterocycles. The van der Waals surface area contributed by atoms with Crippen LogP contribution in [0.25, 0.3) is 0 Å². The first-order chi connectivity index (χ1) is 10.5. The average Bonchev–Trinajstić information content (AvgIpc) is 2.87. The second kappa shape index (κ2) is 6.08. The van der Waals surface area contributed by atoms with Gasteiger partial charge in [-0.2, -0.15) is 0 Å². The maximum Gasteiger partial charge on any atom is 0.237 e. The molecule has 0 bridgehead atoms. The molecule has 118 valence electrons. The third-order valence-corrected chi connectivity index (χ3v) is 4.90. The Bertz CT molecular complexity index is 587. The van der Waals surface area contributed by atoms with Crippen molar-refractivity contribution in [3.05, 3.63) is 35.4 Å². The number of carbonyl (C=O) groups excluding carboxylic acids is 2. The lowest BCUT2D eigenvalue weighted by Gasteiger charge is -2.30. The molecule has 0 saturated carbocycles. The lowest BCUT2D eigenvalue weighted by atomic mass is 9.98. The minimum atomic E-state index is -0.255. The molecule has 2 amide bonds. The molecule has 1 saturated heterocycles. The molecule has 1 aromatic carbocycles. The number of primary amides is 1. The van der Waals surface area contributed by atoms with Gasteiger partial charge in [0.05, 0.1) is 12.5 Å². The summed E-state index contributed by atoms with van der Waals surface area (Å²) in [5.41, 5.74) is 8.00. The van der Waals surface area contributed by atoms with Crippen LogP contribution in [-0.2, 0) is 22.6 Å². The van der Waals surface area contributed by atoms with Crippen LogP contribution in [0.4, 0.5) is 0 Å². The van der Waals surface area contributed by atoms with E-state index in [4.69, 9.17) is 5.73 Å². The van der Waals surface area contributed by atoms with Crippen LogP contribution in [0.5, 0.6) is 0 Å². The van der Waals surface area contributed by atoms with Gasteiger partial charge in [-0.05, 0) is 23.5 Å². The van der Waals surface area contributed by atoms with Gasteiger partial charge in [-0.25, -0.2) is 0 Å². The van der Waals surface area contributed by atoms with E-state index in [0.717, 1.165) is 19.5 Å². The molecule has 5 heteroatoms. The fourth-order valence-corrected chi connectivity index (χ4v) is 3.57. The molecule has 0 aromatic heterocycles. The number of fused-ring (bicyclic) bond motifs is 1. The first kappa shape index (κ1) is 15.0. The molecule has 2 heterocycles. The van der Waals surface area contributed by atoms with Crippen molar-refractivity contribution in [3.63, 3.8) is 0 Å². The highest BCUT2D eigenvalue weighted by atomic mass is 16.2. The van der Waals surface area contributed by atoms with Gasteiger partial charge in [0.15, 0.2) is 0 Å². The number of hydrogen-bond donors (Lipinski definition) is 1. The van der Waals surface area contributed by atoms with Crippen LogP contribution in [0.3, 0.4) is 0 Å². The maximum absolute atomic E-state index is 12.5. The predicted octanol–water partition coefficient (Wildman–Crippen LogP) is 0.624. The average molecular weight is 301 g/mol. The van der Waals surface area contributed by atoms with Gasteiger partial charge >= 0.3 is 0 Å². The Kier molecular flexibility index (Phi) is 4.16. The van der Waals surface area contributed by atoms with Crippen molar-refractivity contribution in [1.82, 2.24) is 9.80 Å². The fraction of sp³-hybridized carbons (Fsp3) is 0.529. The fourth-order valence-electron chi connectivity index (χ4n) is 3.57. The summed E-state index contributed by atoms with van der Waals surface area (Å²) in [5, 5.41) is 0. The van der Waals surface area contributed by atoms with Crippen LogP contribution in [0.2, 0.25) is 0 Å². The number of nitrogens with two attached hydrogens (primary N) is 1. The summed E-state index contributed by atoms with van der Waals surface area (Å²) in [6, 6.07) is 8.30. The molecule has 3 rings (SSSR count). The van der Waals surface area contributed by atoms with E-state index in [0.29, 0.717) is 19.6 Å². The maximum atomic E-state index is 12.5. The van der Waals surface area contributed by atoms with Crippen molar-refractivity contribution in [2.45, 2.75) is 19.9 Å². The molecule has 0 spiro atoms. The topological polar surface area (TPSA) is 66.6 Å². The molecule has 1 fully saturated rings. The summed E-state index contributed by atoms with van der Waals surface area (Å²) in [4.78, 5) is 27.9. The largest absolute Gasteiger partial charge is 0.369 e. The van der Waals surface area contributed by atoms with Gasteiger partial charge in [0.2, 0.25) is 11.8 Å². The summed E-state index contributed by atoms with van der Waals surface area (Å²) in [6.07, 6.45) is 0.919. The van der Waals surface area contributed by atoms with Crippen molar-refractivity contribution < 1.29 is 9.59 Å². The summed E-state index contributed by atoms with van der Waals surface area (Å²) in [6.45, 7) is 5.25. The van der Waals surface area contributed by atoms with Crippen LogP contribution in [0, 0.1) is 11.8 Å². The molecule has 2 atom stereocenters. The van der Waals surface area contributed by atoms with Crippen LogP contribution >= 0.6 is 0 Å². The number of carbonyl (C=O) groups is 2. The summed E-state index contributed by atoms with van der Waals surface area (Å²) >= 11 is 0. The van der Waals surface area contributed by atoms with Gasteiger partial charge in [-0.3, -0.25) is 14.5 Å². The Morgan fingerprint density at radius 3 is 2.64 bits per heavy atom. The van der Waals surface area contributed by atoms with E-state index in [1.807, 2.05) is 24.0 Å². The van der Waals surface area contributed by atoms with Crippen LogP contribution in [0.1, 0.15) is 18.1 Å². The minimum Gasteiger partial charge on any atom is -0.369 e. The van der Waals surface area contributed by atoms with Crippen molar-refractivity contribution in [2.75, 3.05) is 26.2 Å². The lowest BCUT2D eigenvalue weighted by molar-refractivity contribution is -0.133. The number of nitrogens with zero attached hydrogens (tertiary/aromatic N) is 2. The third-order valence-electron chi connectivity index (χ3n) is 4.90. The van der Waals surface area contributed by atoms with Crippen molar-refractivity contribution >= 4 is 11.8 Å². The monoisotopic (exact) mass is 301 g/mol. The standard InChI is InChI=1S/C17H23N3O2/c1-12-8-19(10-15(12)17(18)22)11-16(21)20-7-6-13-4-2-3-5-14(13)9-20/h2-5,12,15H,6-11H2,1H3,(H2,18,22)/t12-,15-/m1/s1. The van der Waals surface area contributed by atoms with E-state index in [2.05, 4.69) is 17.0 Å². The SMILES string of the molecule is C[C@@H]1CN(CC(=O)N2CCc3ccccc3C2)C[C@H]1C(N)=O. The van der Waals surface area contributed by atoms with Gasteiger partial charge in [0.1, 0.15) is 0 Å². The highest BCUT2D eigenvalue weighted by molar-refractivity contribution is 5.80. The van der Waals surface area contributed by atoms with Gasteiger partial charge in [0, 0.05) is 26.2 Å². The first-order valence-corrected chi connectivity index (χ1v) is 7.91. The zero-order chi connectivity index (χ0) is 15.7. The highest BCUT2D eigenvalue weighted by Crippen LogP contribution is 2.23. The van der Waals surface area contributed by atoms with Crippen LogP contribution < -0.4 is 5.73 Å². The summed E-state index contributed by atoms with van der Waals surface area (Å²) in [5.74, 6) is -0.0107. The Morgan fingerprint density at radius 1 is 1.23 bits per heavy atom. The molecule has 1 aromatic rings. The quantitative estimate of drug-likeness (QED) is 0.890. The first-order valence-electron chi connectivity index (χ1n) is 7.91. The zero-order valence-corrected chi connectivity index (χ0v) is 13.0. The Morgan fingerprint density at radius 2 is 1.95 bits per heavy atom. The van der Waals surface area contributed by atoms with E-state index in [9.17, 15) is 9.59 Å². The van der Waals surface area contributed by atoms with Crippen LogP contribution in [0.15, 0.2) is 24.3 Å².